The number of hydrogen-bond acceptors (Lipinski definition) is 4. The second kappa shape index (κ2) is 6.28. The molecule has 2 aromatic heterocycles. The van der Waals surface area contributed by atoms with Crippen LogP contribution in [-0.4, -0.2) is 31.8 Å². The first-order valence-electron chi connectivity index (χ1n) is 7.63. The standard InChI is InChI=1S/C18H19N3O2S/c1-18(2,3)16-8-14(19-10-20-16)15-7-11-6-12(24-9-17(22)23)4-5-13(11)21-15/h4-8,10,21H,9H2,1-3H3,(H,22,23). The van der Waals surface area contributed by atoms with E-state index in [0.717, 1.165) is 32.9 Å². The van der Waals surface area contributed by atoms with Gasteiger partial charge in [0, 0.05) is 26.9 Å². The summed E-state index contributed by atoms with van der Waals surface area (Å²) in [6, 6.07) is 9.93. The smallest absolute Gasteiger partial charge is 0.313 e. The maximum atomic E-state index is 10.7. The maximum absolute atomic E-state index is 10.7. The van der Waals surface area contributed by atoms with Gasteiger partial charge in [-0.1, -0.05) is 20.8 Å². The normalized spacial score (nSPS) is 11.8. The highest BCUT2D eigenvalue weighted by atomic mass is 32.2. The van der Waals surface area contributed by atoms with Gasteiger partial charge in [-0.15, -0.1) is 11.8 Å². The van der Waals surface area contributed by atoms with Gasteiger partial charge in [-0.2, -0.15) is 0 Å². The van der Waals surface area contributed by atoms with Gasteiger partial charge in [0.05, 0.1) is 17.1 Å². The van der Waals surface area contributed by atoms with Gasteiger partial charge in [-0.05, 0) is 30.3 Å². The SMILES string of the molecule is CC(C)(C)c1cc(-c2cc3cc(SCC(=O)O)ccc3[nH]2)ncn1. The van der Waals surface area contributed by atoms with E-state index in [1.54, 1.807) is 6.33 Å². The van der Waals surface area contributed by atoms with E-state index in [1.165, 1.54) is 11.8 Å². The number of fused-ring (bicyclic) bond motifs is 1. The molecule has 0 fully saturated rings. The van der Waals surface area contributed by atoms with Crippen molar-refractivity contribution in [2.45, 2.75) is 31.1 Å². The third-order valence-corrected chi connectivity index (χ3v) is 4.64. The van der Waals surface area contributed by atoms with E-state index < -0.39 is 5.97 Å². The summed E-state index contributed by atoms with van der Waals surface area (Å²) in [4.78, 5) is 23.7. The Labute approximate surface area is 144 Å². The molecule has 0 unspecified atom stereocenters. The molecular weight excluding hydrogens is 322 g/mol. The minimum Gasteiger partial charge on any atom is -0.481 e. The van der Waals surface area contributed by atoms with Crippen LogP contribution in [-0.2, 0) is 10.2 Å². The number of H-pyrrole nitrogens is 1. The summed E-state index contributed by atoms with van der Waals surface area (Å²) in [5.74, 6) is -0.755. The zero-order valence-electron chi connectivity index (χ0n) is 13.8. The van der Waals surface area contributed by atoms with E-state index in [2.05, 4.69) is 35.7 Å². The first kappa shape index (κ1) is 16.5. The number of benzene rings is 1. The summed E-state index contributed by atoms with van der Waals surface area (Å²) >= 11 is 1.32. The Kier molecular flexibility index (Phi) is 4.32. The molecule has 0 aliphatic rings. The van der Waals surface area contributed by atoms with Crippen LogP contribution in [0.3, 0.4) is 0 Å². The van der Waals surface area contributed by atoms with Crippen molar-refractivity contribution in [3.8, 4) is 11.4 Å². The molecule has 0 bridgehead atoms. The second-order valence-electron chi connectivity index (χ2n) is 6.65. The number of hydrogen-bond donors (Lipinski definition) is 2. The van der Waals surface area contributed by atoms with Crippen LogP contribution in [0.4, 0.5) is 0 Å². The van der Waals surface area contributed by atoms with Crippen LogP contribution in [0.5, 0.6) is 0 Å². The number of aromatic nitrogens is 3. The minimum absolute atomic E-state index is 0.0374. The predicted molar refractivity (Wildman–Crippen MR) is 96.4 cm³/mol. The van der Waals surface area contributed by atoms with Gasteiger partial charge in [-0.3, -0.25) is 4.79 Å². The number of aliphatic carboxylic acids is 1. The van der Waals surface area contributed by atoms with Crippen LogP contribution in [0, 0.1) is 0 Å². The molecule has 1 aromatic carbocycles. The largest absolute Gasteiger partial charge is 0.481 e. The molecule has 0 aliphatic heterocycles. The highest BCUT2D eigenvalue weighted by Gasteiger charge is 2.17. The van der Waals surface area contributed by atoms with Crippen LogP contribution >= 0.6 is 11.8 Å². The van der Waals surface area contributed by atoms with Crippen LogP contribution in [0.1, 0.15) is 26.5 Å². The average Bonchev–Trinajstić information content (AvgIpc) is 2.95. The van der Waals surface area contributed by atoms with Crippen LogP contribution in [0.2, 0.25) is 0 Å². The number of nitrogens with one attached hydrogen (secondary N) is 1. The van der Waals surface area contributed by atoms with Gasteiger partial charge in [0.25, 0.3) is 0 Å². The van der Waals surface area contributed by atoms with Gasteiger partial charge in [-0.25, -0.2) is 9.97 Å². The number of aromatic amines is 1. The lowest BCUT2D eigenvalue weighted by atomic mass is 9.91. The lowest BCUT2D eigenvalue weighted by Gasteiger charge is -2.17. The molecule has 0 saturated carbocycles. The number of carboxylic acids is 1. The molecule has 0 amide bonds. The van der Waals surface area contributed by atoms with Crippen molar-refractivity contribution in [1.82, 2.24) is 15.0 Å². The second-order valence-corrected chi connectivity index (χ2v) is 7.70. The van der Waals surface area contributed by atoms with Gasteiger partial charge >= 0.3 is 5.97 Å². The number of thioether (sulfide) groups is 1. The summed E-state index contributed by atoms with van der Waals surface area (Å²) < 4.78 is 0. The third-order valence-electron chi connectivity index (χ3n) is 3.67. The van der Waals surface area contributed by atoms with Crippen molar-refractivity contribution < 1.29 is 9.90 Å². The molecule has 0 aliphatic carbocycles. The fourth-order valence-electron chi connectivity index (χ4n) is 2.40. The van der Waals surface area contributed by atoms with Crippen molar-refractivity contribution in [2.75, 3.05) is 5.75 Å². The number of carboxylic acid groups (broad SMARTS) is 1. The Morgan fingerprint density at radius 2 is 2.00 bits per heavy atom. The predicted octanol–water partition coefficient (Wildman–Crippen LogP) is 4.10. The van der Waals surface area contributed by atoms with E-state index in [4.69, 9.17) is 5.11 Å². The summed E-state index contributed by atoms with van der Waals surface area (Å²) in [7, 11) is 0. The van der Waals surface area contributed by atoms with E-state index >= 15 is 0 Å². The van der Waals surface area contributed by atoms with Gasteiger partial charge < -0.3 is 10.1 Å². The molecule has 0 saturated heterocycles. The highest BCUT2D eigenvalue weighted by molar-refractivity contribution is 8.00. The molecule has 6 heteroatoms. The fraction of sp³-hybridized carbons (Fsp3) is 0.278. The molecule has 0 spiro atoms. The summed E-state index contributed by atoms with van der Waals surface area (Å²) in [6.07, 6.45) is 1.59. The molecule has 3 aromatic rings. The lowest BCUT2D eigenvalue weighted by molar-refractivity contribution is -0.133. The number of carbonyl (C=O) groups is 1. The summed E-state index contributed by atoms with van der Waals surface area (Å²) in [6.45, 7) is 6.36. The first-order chi connectivity index (χ1) is 11.3. The molecular formula is C18H19N3O2S. The van der Waals surface area contributed by atoms with E-state index in [1.807, 2.05) is 30.3 Å². The molecule has 0 radical (unpaired) electrons. The Hall–Kier alpha value is -2.34. The van der Waals surface area contributed by atoms with Gasteiger partial charge in [0.15, 0.2) is 0 Å². The molecule has 3 rings (SSSR count). The van der Waals surface area contributed by atoms with Crippen molar-refractivity contribution in [2.24, 2.45) is 0 Å². The molecule has 2 N–H and O–H groups in total. The third kappa shape index (κ3) is 3.59. The fourth-order valence-corrected chi connectivity index (χ4v) is 3.06. The average molecular weight is 341 g/mol. The van der Waals surface area contributed by atoms with Crippen LogP contribution in [0.15, 0.2) is 41.6 Å². The zero-order chi connectivity index (χ0) is 17.3. The molecule has 24 heavy (non-hydrogen) atoms. The highest BCUT2D eigenvalue weighted by Crippen LogP contribution is 2.29. The Balaban J connectivity index is 1.95. The first-order valence-corrected chi connectivity index (χ1v) is 8.62. The summed E-state index contributed by atoms with van der Waals surface area (Å²) in [5.41, 5.74) is 3.73. The van der Waals surface area contributed by atoms with Crippen LogP contribution in [0.25, 0.3) is 22.3 Å². The zero-order valence-corrected chi connectivity index (χ0v) is 14.6. The molecule has 2 heterocycles. The summed E-state index contributed by atoms with van der Waals surface area (Å²) in [5, 5.41) is 9.83. The van der Waals surface area contributed by atoms with E-state index in [9.17, 15) is 4.79 Å². The topological polar surface area (TPSA) is 78.9 Å². The van der Waals surface area contributed by atoms with Gasteiger partial charge in [0.1, 0.15) is 6.33 Å². The quantitative estimate of drug-likeness (QED) is 0.699. The van der Waals surface area contributed by atoms with Crippen molar-refractivity contribution in [1.29, 1.82) is 0 Å². The van der Waals surface area contributed by atoms with Crippen molar-refractivity contribution in [3.05, 3.63) is 42.4 Å². The van der Waals surface area contributed by atoms with E-state index in [-0.39, 0.29) is 11.2 Å². The minimum atomic E-state index is -0.814. The Bertz CT molecular complexity index is 897. The lowest BCUT2D eigenvalue weighted by Crippen LogP contribution is -2.13. The molecule has 0 atom stereocenters. The van der Waals surface area contributed by atoms with Crippen LogP contribution < -0.4 is 0 Å². The maximum Gasteiger partial charge on any atom is 0.313 e. The van der Waals surface area contributed by atoms with Crippen molar-refractivity contribution >= 4 is 28.6 Å². The number of rotatable bonds is 4. The monoisotopic (exact) mass is 341 g/mol. The Morgan fingerprint density at radius 1 is 1.21 bits per heavy atom. The molecule has 5 nitrogen and oxygen atoms in total. The Morgan fingerprint density at radius 3 is 2.71 bits per heavy atom. The van der Waals surface area contributed by atoms with E-state index in [0.29, 0.717) is 0 Å². The van der Waals surface area contributed by atoms with Crippen molar-refractivity contribution in [3.63, 3.8) is 0 Å². The molecule has 124 valence electrons. The van der Waals surface area contributed by atoms with Gasteiger partial charge in [0.2, 0.25) is 0 Å². The number of nitrogens with zero attached hydrogens (tertiary/aromatic N) is 2.